The molecule has 1 aromatic heterocycles. The first-order valence-corrected chi connectivity index (χ1v) is 47.8. The SMILES string of the molecule is C=CCOC(=O)C(N1C(=O)[C@H]([C@@H](C)O[Si](C)(C)C(C)(C)C)[C@H]1CC(=O)c1ccc(CC(=O)Nc2ccncc2)cc1)=P(c1ccccc1)(c1ccccc1)c1ccccc1.C=CCOC(=O)C(N1C(=O)[C@H]([C@@H](C)O[Si](C)(C)C(C)(C)C)[C@H]1CC(=O)c1ccc(CC(=O)O)cc1)=P(c1ccccc1)(c1ccccc1)c1ccccc1. The molecule has 0 bridgehead atoms. The van der Waals surface area contributed by atoms with Gasteiger partial charge >= 0.3 is 17.9 Å². The predicted molar refractivity (Wildman–Crippen MR) is 465 cm³/mol. The van der Waals surface area contributed by atoms with Crippen molar-refractivity contribution in [2.24, 2.45) is 11.8 Å². The summed E-state index contributed by atoms with van der Waals surface area (Å²) < 4.78 is 25.6. The molecule has 0 unspecified atom stereocenters. The van der Waals surface area contributed by atoms with Crippen LogP contribution in [0.4, 0.5) is 5.69 Å². The van der Waals surface area contributed by atoms with E-state index in [1.807, 2.05) is 196 Å². The number of aliphatic carboxylic acids is 1. The lowest BCUT2D eigenvalue weighted by Gasteiger charge is -2.53. The zero-order chi connectivity index (χ0) is 82.3. The minimum absolute atomic E-state index is 0.0758. The number of amides is 3. The number of anilines is 1. The molecule has 2 N–H and O–H groups in total. The number of rotatable bonds is 31. The third kappa shape index (κ3) is 18.8. The number of likely N-dealkylation sites (tertiary alicyclic amines) is 2. The van der Waals surface area contributed by atoms with Crippen molar-refractivity contribution in [3.63, 3.8) is 0 Å². The number of hydrogen-bond donors (Lipinski definition) is 2. The number of carbonyl (C=O) groups is 8. The molecular weight excluding hydrogens is 1500 g/mol. The summed E-state index contributed by atoms with van der Waals surface area (Å²) in [7, 11) is -4.78. The number of aromatic nitrogens is 1. The van der Waals surface area contributed by atoms with Crippen LogP contribution in [0, 0.1) is 11.8 Å². The Kier molecular flexibility index (Phi) is 28.0. The number of carbonyl (C=O) groups excluding carboxylic acids is 7. The number of hydrogen-bond acceptors (Lipinski definition) is 13. The zero-order valence-electron chi connectivity index (χ0n) is 67.1. The van der Waals surface area contributed by atoms with Crippen molar-refractivity contribution in [3.8, 4) is 0 Å². The molecule has 6 atom stereocenters. The first-order valence-electron chi connectivity index (χ1n) is 38.4. The Morgan fingerprint density at radius 2 is 0.754 bits per heavy atom. The number of β-lactam (4-membered cyclic amide) rings is 2. The van der Waals surface area contributed by atoms with Gasteiger partial charge in [0.25, 0.3) is 0 Å². The smallest absolute Gasteiger partial charge is 0.356 e. The number of nitrogens with zero attached hydrogens (tertiary/aromatic N) is 3. The van der Waals surface area contributed by atoms with Gasteiger partial charge in [0.15, 0.2) is 28.2 Å². The van der Waals surface area contributed by atoms with E-state index in [1.54, 1.807) is 82.9 Å². The molecule has 2 aliphatic rings. The second-order valence-electron chi connectivity index (χ2n) is 31.7. The highest BCUT2D eigenvalue weighted by molar-refractivity contribution is 7.97. The van der Waals surface area contributed by atoms with Crippen LogP contribution < -0.4 is 37.1 Å². The lowest BCUT2D eigenvalue weighted by molar-refractivity contribution is -0.156. The van der Waals surface area contributed by atoms with Gasteiger partial charge in [-0.25, -0.2) is 9.59 Å². The number of ketones is 2. The van der Waals surface area contributed by atoms with Crippen LogP contribution in [0.5, 0.6) is 0 Å². The number of carboxylic acid groups (broad SMARTS) is 1. The van der Waals surface area contributed by atoms with Gasteiger partial charge in [-0.05, 0) is 105 Å². The molecule has 9 aromatic rings. The van der Waals surface area contributed by atoms with Crippen molar-refractivity contribution in [2.75, 3.05) is 18.5 Å². The highest BCUT2D eigenvalue weighted by atomic mass is 31.2. The van der Waals surface area contributed by atoms with Crippen LogP contribution in [0.3, 0.4) is 0 Å². The van der Waals surface area contributed by atoms with E-state index in [-0.39, 0.29) is 89.1 Å². The number of benzene rings is 8. The summed E-state index contributed by atoms with van der Waals surface area (Å²) in [4.78, 5) is 120. The van der Waals surface area contributed by atoms with Gasteiger partial charge in [0.2, 0.25) is 17.7 Å². The molecule has 2 saturated heterocycles. The van der Waals surface area contributed by atoms with E-state index in [1.165, 1.54) is 12.2 Å². The van der Waals surface area contributed by atoms with E-state index < -0.39 is 84.4 Å². The molecule has 3 heterocycles. The van der Waals surface area contributed by atoms with Crippen molar-refractivity contribution in [1.29, 1.82) is 0 Å². The minimum atomic E-state index is -3.21. The number of carboxylic acids is 1. The van der Waals surface area contributed by atoms with Crippen LogP contribution in [0.25, 0.3) is 0 Å². The highest BCUT2D eigenvalue weighted by Crippen LogP contribution is 2.53. The number of ether oxygens (including phenoxy) is 2. The first-order chi connectivity index (χ1) is 54.3. The summed E-state index contributed by atoms with van der Waals surface area (Å²) in [5, 5.41) is 16.9. The summed E-state index contributed by atoms with van der Waals surface area (Å²) in [6.45, 7) is 26.2. The second kappa shape index (κ2) is 37.2. The molecule has 2 aliphatic heterocycles. The maximum absolute atomic E-state index is 15.2. The van der Waals surface area contributed by atoms with E-state index in [0.29, 0.717) is 22.4 Å². The maximum atomic E-state index is 15.2. The highest BCUT2D eigenvalue weighted by Gasteiger charge is 2.59. The second-order valence-corrected chi connectivity index (χ2v) is 47.9. The van der Waals surface area contributed by atoms with Crippen LogP contribution in [-0.4, -0.2) is 132 Å². The van der Waals surface area contributed by atoms with Crippen molar-refractivity contribution in [1.82, 2.24) is 14.8 Å². The number of esters is 2. The molecule has 0 saturated carbocycles. The fourth-order valence-electron chi connectivity index (χ4n) is 14.5. The average molecular weight is 1600 g/mol. The van der Waals surface area contributed by atoms with Gasteiger partial charge in [0.05, 0.1) is 49.0 Å². The predicted octanol–water partition coefficient (Wildman–Crippen LogP) is 14.9. The van der Waals surface area contributed by atoms with Crippen LogP contribution in [-0.2, 0) is 59.9 Å². The van der Waals surface area contributed by atoms with Crippen LogP contribution in [0.1, 0.15) is 100 Å². The molecule has 8 aromatic carbocycles. The van der Waals surface area contributed by atoms with E-state index in [4.69, 9.17) is 18.3 Å². The topological polar surface area (TPSA) is 225 Å². The van der Waals surface area contributed by atoms with Gasteiger partial charge in [-0.3, -0.25) is 33.8 Å². The minimum Gasteiger partial charge on any atom is -0.481 e. The van der Waals surface area contributed by atoms with Crippen molar-refractivity contribution >= 4 is 126 Å². The Bertz CT molecular complexity index is 4840. The summed E-state index contributed by atoms with van der Waals surface area (Å²) in [5.74, 6) is -5.02. The van der Waals surface area contributed by atoms with Crippen molar-refractivity contribution in [3.05, 3.63) is 303 Å². The van der Waals surface area contributed by atoms with Crippen molar-refractivity contribution < 1.29 is 61.8 Å². The lowest BCUT2D eigenvalue weighted by Crippen LogP contribution is -2.69. The first kappa shape index (κ1) is 85.9. The quantitative estimate of drug-likeness (QED) is 0.0103. The molecule has 2 fully saturated rings. The molecular formula is C93H104N4O13P2Si2. The van der Waals surface area contributed by atoms with E-state index >= 15 is 14.4 Å². The normalized spacial score (nSPS) is 16.2. The molecule has 17 nitrogen and oxygen atoms in total. The Morgan fingerprint density at radius 3 is 1.03 bits per heavy atom. The third-order valence-corrected chi connectivity index (χ3v) is 39.8. The molecule has 0 radical (unpaired) electrons. The number of Topliss-reactive ketones (excluding diaryl/α,β-unsaturated/α-hetero) is 2. The van der Waals surface area contributed by atoms with Crippen LogP contribution in [0.2, 0.25) is 36.3 Å². The molecule has 11 rings (SSSR count). The van der Waals surface area contributed by atoms with Gasteiger partial charge in [-0.15, -0.1) is 0 Å². The Morgan fingerprint density at radius 1 is 0.465 bits per heavy atom. The molecule has 592 valence electrons. The monoisotopic (exact) mass is 1600 g/mol. The van der Waals surface area contributed by atoms with E-state index in [2.05, 4.69) is 91.2 Å². The number of pyridine rings is 1. The summed E-state index contributed by atoms with van der Waals surface area (Å²) in [5.41, 5.74) is 3.13. The molecule has 0 spiro atoms. The molecule has 0 aliphatic carbocycles. The van der Waals surface area contributed by atoms with Gasteiger partial charge in [-0.2, -0.15) is 0 Å². The Balaban J connectivity index is 0.000000243. The Labute approximate surface area is 673 Å². The molecule has 21 heteroatoms. The Hall–Kier alpha value is -10.5. The summed E-state index contributed by atoms with van der Waals surface area (Å²) >= 11 is 0. The fraction of sp³-hybridized carbons (Fsp3) is 0.280. The van der Waals surface area contributed by atoms with Gasteiger partial charge in [0, 0.05) is 55.8 Å². The van der Waals surface area contributed by atoms with Crippen molar-refractivity contribution in [2.45, 2.75) is 142 Å². The van der Waals surface area contributed by atoms with Gasteiger partial charge < -0.3 is 38.5 Å². The van der Waals surface area contributed by atoms with E-state index in [0.717, 1.165) is 37.4 Å². The standard InChI is InChI=1S/C49H54N3O6PSi.C44H50NO7PSi/c1-8-32-57-48(56)47(59(39-18-12-9-13-19-39,40-20-14-10-15-21-40)41-22-16-11-17-23-41)52-42(45(46(52)55)35(2)58-60(6,7)49(3,4)5)34-43(53)37-26-24-36(25-27-37)33-44(54)51-38-28-30-50-31-29-38;1-8-28-51-43(50)42(53(34-18-12-9-13-19-34,35-20-14-10-15-21-35)36-22-16-11-17-23-36)45-37(30-38(46)33-26-24-32(25-27-33)29-39(47)48)40(41(45)49)31(2)52-54(6,7)44(3,4)5/h8-31,35,42,45H,1,32-34H2,2-7H3,(H,50,51,54);8-27,31,37,40H,1,28-30H2,2-7H3,(H,47,48)/t35-,42-,45-;31-,37-,40-/m11/s1. The van der Waals surface area contributed by atoms with Crippen LogP contribution in [0.15, 0.2) is 280 Å². The third-order valence-electron chi connectivity index (χ3n) is 22.1. The van der Waals surface area contributed by atoms with Crippen LogP contribution >= 0.6 is 13.8 Å². The summed E-state index contributed by atoms with van der Waals surface area (Å²) in [6, 6.07) is 74.0. The number of nitrogens with one attached hydrogen (secondary N) is 1. The largest absolute Gasteiger partial charge is 0.481 e. The molecule has 3 amide bonds. The zero-order valence-corrected chi connectivity index (χ0v) is 70.9. The molecule has 114 heavy (non-hydrogen) atoms. The summed E-state index contributed by atoms with van der Waals surface area (Å²) in [6.07, 6.45) is 4.85. The van der Waals surface area contributed by atoms with Gasteiger partial charge in [0.1, 0.15) is 24.0 Å². The average Bonchev–Trinajstić information content (AvgIpc) is 0.706. The maximum Gasteiger partial charge on any atom is 0.356 e. The van der Waals surface area contributed by atoms with Gasteiger partial charge in [-0.1, -0.05) is 297 Å². The fourth-order valence-corrected chi connectivity index (χ4v) is 26.2. The van der Waals surface area contributed by atoms with E-state index in [9.17, 15) is 29.1 Å². The lowest BCUT2D eigenvalue weighted by atomic mass is 9.79.